The molecule has 1 aromatic heterocycles. The summed E-state index contributed by atoms with van der Waals surface area (Å²) in [5, 5.41) is 22.8. The van der Waals surface area contributed by atoms with E-state index in [1.807, 2.05) is 36.4 Å². The topological polar surface area (TPSA) is 229 Å². The maximum absolute atomic E-state index is 14.0. The van der Waals surface area contributed by atoms with Crippen LogP contribution in [-0.4, -0.2) is 153 Å². The number of piperidine rings is 1. The summed E-state index contributed by atoms with van der Waals surface area (Å²) < 4.78 is 44.7. The molecule has 0 aliphatic carbocycles. The Balaban J connectivity index is 0.692. The Labute approximate surface area is 413 Å². The number of imide groups is 2. The van der Waals surface area contributed by atoms with Crippen LogP contribution in [0.4, 0.5) is 31.7 Å². The molecule has 0 saturated carbocycles. The molecule has 0 spiro atoms. The van der Waals surface area contributed by atoms with Crippen molar-refractivity contribution in [2.45, 2.75) is 44.2 Å². The van der Waals surface area contributed by atoms with Crippen LogP contribution < -0.4 is 31.5 Å². The number of ether oxygens (including phenoxy) is 3. The number of nitrogens with one attached hydrogen (secondary N) is 6. The Bertz CT molecular complexity index is 2830. The van der Waals surface area contributed by atoms with Crippen molar-refractivity contribution in [3.05, 3.63) is 112 Å². The summed E-state index contributed by atoms with van der Waals surface area (Å²) in [7, 11) is 0. The van der Waals surface area contributed by atoms with Gasteiger partial charge in [0.05, 0.1) is 55.2 Å². The number of halogens is 2. The number of aromatic amines is 1. The van der Waals surface area contributed by atoms with Crippen molar-refractivity contribution < 1.29 is 51.8 Å². The second kappa shape index (κ2) is 22.8. The summed E-state index contributed by atoms with van der Waals surface area (Å²) in [5.41, 5.74) is 4.88. The molecule has 4 aromatic carbocycles. The molecule has 5 heterocycles. The van der Waals surface area contributed by atoms with Gasteiger partial charge in [-0.05, 0) is 91.4 Å². The third-order valence-corrected chi connectivity index (χ3v) is 13.1. The first-order chi connectivity index (χ1) is 35.0. The van der Waals surface area contributed by atoms with Crippen molar-refractivity contribution in [2.75, 3.05) is 106 Å². The molecule has 21 heteroatoms. The number of H-pyrrole nitrogens is 1. The molecule has 1 unspecified atom stereocenters. The molecule has 0 bridgehead atoms. The highest BCUT2D eigenvalue weighted by Gasteiger charge is 2.45. The molecule has 378 valence electrons. The molecule has 1 atom stereocenters. The van der Waals surface area contributed by atoms with Gasteiger partial charge < -0.3 is 40.4 Å². The fourth-order valence-corrected chi connectivity index (χ4v) is 9.43. The molecule has 9 rings (SSSR count). The van der Waals surface area contributed by atoms with Gasteiger partial charge in [0.1, 0.15) is 17.7 Å². The van der Waals surface area contributed by atoms with E-state index in [-0.39, 0.29) is 55.0 Å². The predicted molar refractivity (Wildman–Crippen MR) is 262 cm³/mol. The third-order valence-electron chi connectivity index (χ3n) is 13.1. The molecule has 3 saturated heterocycles. The van der Waals surface area contributed by atoms with E-state index < -0.39 is 41.3 Å². The monoisotopic (exact) mass is 990 g/mol. The van der Waals surface area contributed by atoms with Crippen LogP contribution in [0.25, 0.3) is 10.9 Å². The summed E-state index contributed by atoms with van der Waals surface area (Å²) in [6, 6.07) is 18.6. The molecular formula is C51H56F2N10O9. The highest BCUT2D eigenvalue weighted by atomic mass is 19.1. The first-order valence-electron chi connectivity index (χ1n) is 24.2. The predicted octanol–water partition coefficient (Wildman–Crippen LogP) is 4.06. The van der Waals surface area contributed by atoms with Gasteiger partial charge in [0.2, 0.25) is 17.7 Å². The fraction of sp³-hybridized carbons (Fsp3) is 0.392. The van der Waals surface area contributed by atoms with E-state index in [9.17, 15) is 37.5 Å². The second-order valence-corrected chi connectivity index (χ2v) is 18.1. The van der Waals surface area contributed by atoms with E-state index >= 15 is 0 Å². The number of amides is 6. The molecule has 19 nitrogen and oxygen atoms in total. The van der Waals surface area contributed by atoms with Gasteiger partial charge in [0.15, 0.2) is 5.82 Å². The number of anilines is 4. The number of aromatic nitrogens is 2. The van der Waals surface area contributed by atoms with E-state index in [0.29, 0.717) is 118 Å². The number of nitrogens with zero attached hydrogens (tertiary/aromatic N) is 4. The quantitative estimate of drug-likeness (QED) is 0.0478. The minimum Gasteiger partial charge on any atom is -0.382 e. The third kappa shape index (κ3) is 11.9. The number of fused-ring (bicyclic) bond motifs is 2. The van der Waals surface area contributed by atoms with Gasteiger partial charge in [-0.2, -0.15) is 5.10 Å². The molecule has 3 fully saturated rings. The van der Waals surface area contributed by atoms with E-state index in [0.717, 1.165) is 35.1 Å². The lowest BCUT2D eigenvalue weighted by molar-refractivity contribution is -0.136. The molecule has 6 N–H and O–H groups in total. The summed E-state index contributed by atoms with van der Waals surface area (Å²) >= 11 is 0. The number of hydrogen-bond donors (Lipinski definition) is 6. The average Bonchev–Trinajstić information content (AvgIpc) is 3.88. The zero-order valence-electron chi connectivity index (χ0n) is 39.5. The van der Waals surface area contributed by atoms with Crippen LogP contribution in [0.1, 0.15) is 67.9 Å². The number of rotatable bonds is 20. The molecule has 4 aliphatic rings. The Morgan fingerprint density at radius 2 is 1.56 bits per heavy atom. The van der Waals surface area contributed by atoms with Crippen molar-refractivity contribution in [1.29, 1.82) is 0 Å². The maximum Gasteiger partial charge on any atom is 0.264 e. The number of benzene rings is 4. The highest BCUT2D eigenvalue weighted by Crippen LogP contribution is 2.33. The van der Waals surface area contributed by atoms with Crippen LogP contribution in [0.2, 0.25) is 0 Å². The van der Waals surface area contributed by atoms with Crippen molar-refractivity contribution in [1.82, 2.24) is 30.6 Å². The molecular weight excluding hydrogens is 935 g/mol. The normalized spacial score (nSPS) is 17.6. The zero-order chi connectivity index (χ0) is 50.1. The fourth-order valence-electron chi connectivity index (χ4n) is 9.43. The second-order valence-electron chi connectivity index (χ2n) is 18.1. The molecule has 72 heavy (non-hydrogen) atoms. The minimum absolute atomic E-state index is 0.0424. The zero-order valence-corrected chi connectivity index (χ0v) is 39.5. The van der Waals surface area contributed by atoms with Gasteiger partial charge in [-0.25, -0.2) is 8.78 Å². The lowest BCUT2D eigenvalue weighted by Gasteiger charge is -2.36. The summed E-state index contributed by atoms with van der Waals surface area (Å²) in [6.07, 6.45) is 2.00. The Morgan fingerprint density at radius 3 is 2.32 bits per heavy atom. The van der Waals surface area contributed by atoms with E-state index in [2.05, 4.69) is 46.6 Å². The largest absolute Gasteiger partial charge is 0.382 e. The summed E-state index contributed by atoms with van der Waals surface area (Å²) in [5.74, 6) is -3.67. The maximum atomic E-state index is 14.0. The van der Waals surface area contributed by atoms with Crippen LogP contribution in [0, 0.1) is 11.6 Å². The van der Waals surface area contributed by atoms with Crippen molar-refractivity contribution in [3.8, 4) is 0 Å². The van der Waals surface area contributed by atoms with Gasteiger partial charge >= 0.3 is 0 Å². The highest BCUT2D eigenvalue weighted by molar-refractivity contribution is 6.25. The molecule has 4 aliphatic heterocycles. The van der Waals surface area contributed by atoms with Gasteiger partial charge in [-0.15, -0.1) is 0 Å². The van der Waals surface area contributed by atoms with E-state index in [1.54, 1.807) is 12.1 Å². The van der Waals surface area contributed by atoms with Crippen molar-refractivity contribution >= 4 is 69.2 Å². The molecule has 0 radical (unpaired) electrons. The number of carbonyl (C=O) groups is 6. The average molecular weight is 991 g/mol. The first-order valence-corrected chi connectivity index (χ1v) is 24.2. The number of piperazine rings is 1. The van der Waals surface area contributed by atoms with Crippen LogP contribution in [-0.2, 0) is 35.0 Å². The van der Waals surface area contributed by atoms with Gasteiger partial charge in [0, 0.05) is 93.5 Å². The van der Waals surface area contributed by atoms with Crippen LogP contribution in [0.15, 0.2) is 72.8 Å². The van der Waals surface area contributed by atoms with Gasteiger partial charge in [0.25, 0.3) is 17.7 Å². The Hall–Kier alpha value is -7.33. The molecule has 6 amide bonds. The minimum atomic E-state index is -1.04. The lowest BCUT2D eigenvalue weighted by atomic mass is 10.0. The van der Waals surface area contributed by atoms with E-state index in [1.165, 1.54) is 18.2 Å². The van der Waals surface area contributed by atoms with Crippen LogP contribution >= 0.6 is 0 Å². The van der Waals surface area contributed by atoms with Crippen LogP contribution in [0.3, 0.4) is 0 Å². The smallest absolute Gasteiger partial charge is 0.264 e. The summed E-state index contributed by atoms with van der Waals surface area (Å²) in [4.78, 5) is 82.5. The summed E-state index contributed by atoms with van der Waals surface area (Å²) in [6.45, 7) is 6.00. The van der Waals surface area contributed by atoms with Crippen molar-refractivity contribution in [2.24, 2.45) is 0 Å². The van der Waals surface area contributed by atoms with Crippen LogP contribution in [0.5, 0.6) is 0 Å². The number of hydrogen-bond acceptors (Lipinski definition) is 14. The van der Waals surface area contributed by atoms with Crippen molar-refractivity contribution in [3.63, 3.8) is 0 Å². The van der Waals surface area contributed by atoms with E-state index in [4.69, 9.17) is 14.2 Å². The standard InChI is InChI=1S/C51H56F2N10O9/c52-33-25-32(26-34(53)28-33)24-31-4-7-40-39(27-31)47(60-59-40)58-48(66)37-6-5-36(29-42(37)56-35-10-18-70-19-11-35)62-16-14-61(15-17-62)30-45(65)55-13-21-72-23-22-71-20-12-54-41-3-1-2-38-46(41)51(69)63(50(38)68)43-8-9-44(64)57-49(43)67/h1-7,25-29,35,43,54,56H,8-24,30H2,(H,55,65)(H,57,64,67)(H2,58,59,60,66). The number of carbonyl (C=O) groups excluding carboxylic acids is 6. The Kier molecular flexibility index (Phi) is 15.7. The lowest BCUT2D eigenvalue weighted by Crippen LogP contribution is -2.54. The SMILES string of the molecule is O=C(CN1CCN(c2ccc(C(=O)Nc3n[nH]c4ccc(Cc5cc(F)cc(F)c5)cc34)c(NC3CCOCC3)c2)CC1)NCCOCCOCCNc1cccc2c1C(=O)N(C1CCC(=O)NC1=O)C2=O. The molecule has 5 aromatic rings. The first kappa shape index (κ1) is 49.6. The van der Waals surface area contributed by atoms with Gasteiger partial charge in [-0.3, -0.25) is 49.0 Å². The van der Waals surface area contributed by atoms with Gasteiger partial charge in [-0.1, -0.05) is 12.1 Å². The Morgan fingerprint density at radius 1 is 0.792 bits per heavy atom.